The van der Waals surface area contributed by atoms with Gasteiger partial charge in [-0.2, -0.15) is 0 Å². The highest BCUT2D eigenvalue weighted by Gasteiger charge is 2.29. The number of nitrogens with one attached hydrogen (secondary N) is 1. The summed E-state index contributed by atoms with van der Waals surface area (Å²) in [5.74, 6) is 0.197. The number of nitrogens with zero attached hydrogens (tertiary/aromatic N) is 3. The molecule has 2 aromatic heterocycles. The second-order valence-corrected chi connectivity index (χ2v) is 13.7. The summed E-state index contributed by atoms with van der Waals surface area (Å²) in [6.45, 7) is 11.2. The van der Waals surface area contributed by atoms with E-state index < -0.39 is 0 Å². The standard InChI is InChI=1S/C33H36BrClN4O2S/c1-5-21-8-7-9-22(6-2)29(21)39-27(18-20(3)4)25(32(40)38-16-14-36-15-17-38)19-26(33(39)41)31-37-28(30(34)42-31)23-10-12-24(35)13-11-23/h7-13,19-20,36H,5-6,14-18H2,1-4H3. The second-order valence-electron chi connectivity index (χ2n) is 11.0. The average molecular weight is 668 g/mol. The monoisotopic (exact) mass is 666 g/mol. The van der Waals surface area contributed by atoms with E-state index in [0.29, 0.717) is 40.7 Å². The number of amides is 1. The summed E-state index contributed by atoms with van der Waals surface area (Å²) in [5.41, 5.74) is 6.32. The van der Waals surface area contributed by atoms with Crippen LogP contribution in [0.3, 0.4) is 0 Å². The summed E-state index contributed by atoms with van der Waals surface area (Å²) in [5, 5.41) is 4.56. The van der Waals surface area contributed by atoms with Crippen molar-refractivity contribution >= 4 is 44.8 Å². The van der Waals surface area contributed by atoms with Gasteiger partial charge in [0.25, 0.3) is 11.5 Å². The van der Waals surface area contributed by atoms with Crippen molar-refractivity contribution in [2.24, 2.45) is 5.92 Å². The normalized spacial score (nSPS) is 13.6. The van der Waals surface area contributed by atoms with Crippen molar-refractivity contribution in [2.45, 2.75) is 47.0 Å². The fourth-order valence-electron chi connectivity index (χ4n) is 5.56. The van der Waals surface area contributed by atoms with Gasteiger partial charge in [0.05, 0.1) is 26.3 Å². The molecule has 0 unspecified atom stereocenters. The first kappa shape index (κ1) is 30.7. The van der Waals surface area contributed by atoms with Gasteiger partial charge in [-0.25, -0.2) is 4.98 Å². The van der Waals surface area contributed by atoms with Crippen LogP contribution in [0.1, 0.15) is 54.9 Å². The Kier molecular flexibility index (Phi) is 9.67. The van der Waals surface area contributed by atoms with Crippen LogP contribution in [0.25, 0.3) is 27.5 Å². The number of rotatable bonds is 8. The van der Waals surface area contributed by atoms with Gasteiger partial charge in [-0.05, 0) is 70.4 Å². The predicted molar refractivity (Wildman–Crippen MR) is 177 cm³/mol. The number of halogens is 2. The van der Waals surface area contributed by atoms with Gasteiger partial charge in [0, 0.05) is 42.5 Å². The Bertz CT molecular complexity index is 1630. The van der Waals surface area contributed by atoms with E-state index in [4.69, 9.17) is 16.6 Å². The molecule has 6 nitrogen and oxygen atoms in total. The maximum atomic E-state index is 14.7. The molecular formula is C33H36BrClN4O2S. The van der Waals surface area contributed by atoms with Crippen molar-refractivity contribution in [3.8, 4) is 27.5 Å². The van der Waals surface area contributed by atoms with E-state index in [-0.39, 0.29) is 17.4 Å². The molecule has 2 aromatic carbocycles. The number of thiazole rings is 1. The fourth-order valence-corrected chi connectivity index (χ4v) is 7.29. The topological polar surface area (TPSA) is 67.2 Å². The van der Waals surface area contributed by atoms with E-state index >= 15 is 0 Å². The van der Waals surface area contributed by atoms with Crippen LogP contribution in [0.5, 0.6) is 0 Å². The zero-order valence-electron chi connectivity index (χ0n) is 24.5. The molecule has 5 rings (SSSR count). The predicted octanol–water partition coefficient (Wildman–Crippen LogP) is 7.41. The lowest BCUT2D eigenvalue weighted by molar-refractivity contribution is 0.0733. The van der Waals surface area contributed by atoms with Crippen LogP contribution in [0.2, 0.25) is 5.02 Å². The van der Waals surface area contributed by atoms with Crippen molar-refractivity contribution in [3.05, 3.63) is 90.1 Å². The average Bonchev–Trinajstić information content (AvgIpc) is 3.38. The van der Waals surface area contributed by atoms with Gasteiger partial charge in [0.15, 0.2) is 0 Å². The third-order valence-electron chi connectivity index (χ3n) is 7.66. The van der Waals surface area contributed by atoms with E-state index in [1.807, 2.05) is 33.7 Å². The molecule has 0 spiro atoms. The van der Waals surface area contributed by atoms with Crippen LogP contribution in [0.4, 0.5) is 0 Å². The van der Waals surface area contributed by atoms with Gasteiger partial charge in [-0.1, -0.05) is 69.6 Å². The number of carbonyl (C=O) groups excluding carboxylic acids is 1. The lowest BCUT2D eigenvalue weighted by Crippen LogP contribution is -2.47. The molecule has 42 heavy (non-hydrogen) atoms. The quantitative estimate of drug-likeness (QED) is 0.213. The second kappa shape index (κ2) is 13.2. The molecule has 0 aliphatic carbocycles. The molecule has 0 radical (unpaired) electrons. The molecule has 1 amide bonds. The molecule has 9 heteroatoms. The molecule has 1 fully saturated rings. The Morgan fingerprint density at radius 1 is 1.07 bits per heavy atom. The third-order valence-corrected chi connectivity index (χ3v) is 9.65. The fraction of sp³-hybridized carbons (Fsp3) is 0.364. The maximum Gasteiger partial charge on any atom is 0.265 e. The van der Waals surface area contributed by atoms with Gasteiger partial charge in [-0.3, -0.25) is 14.2 Å². The van der Waals surface area contributed by atoms with Crippen LogP contribution in [-0.4, -0.2) is 46.5 Å². The van der Waals surface area contributed by atoms with Gasteiger partial charge >= 0.3 is 0 Å². The SMILES string of the molecule is CCc1cccc(CC)c1-n1c(CC(C)C)c(C(=O)N2CCNCC2)cc(-c2nc(-c3ccc(Cl)cc3)c(Br)s2)c1=O. The largest absolute Gasteiger partial charge is 0.336 e. The maximum absolute atomic E-state index is 14.7. The zero-order valence-corrected chi connectivity index (χ0v) is 27.6. The van der Waals surface area contributed by atoms with Crippen LogP contribution in [0.15, 0.2) is 57.1 Å². The Labute approximate surface area is 264 Å². The number of aryl methyl sites for hydroxylation is 2. The van der Waals surface area contributed by atoms with Crippen molar-refractivity contribution in [1.82, 2.24) is 19.8 Å². The third kappa shape index (κ3) is 6.13. The molecule has 0 atom stereocenters. The highest BCUT2D eigenvalue weighted by Crippen LogP contribution is 2.38. The summed E-state index contributed by atoms with van der Waals surface area (Å²) in [7, 11) is 0. The number of hydrogen-bond acceptors (Lipinski definition) is 5. The molecule has 1 aliphatic heterocycles. The minimum atomic E-state index is -0.151. The van der Waals surface area contributed by atoms with Crippen LogP contribution < -0.4 is 10.9 Å². The number of hydrogen-bond donors (Lipinski definition) is 1. The number of benzene rings is 2. The Balaban J connectivity index is 1.82. The number of aromatic nitrogens is 2. The molecule has 1 aliphatic rings. The van der Waals surface area contributed by atoms with Crippen molar-refractivity contribution in [3.63, 3.8) is 0 Å². The first-order valence-electron chi connectivity index (χ1n) is 14.6. The minimum Gasteiger partial charge on any atom is -0.336 e. The summed E-state index contributed by atoms with van der Waals surface area (Å²) in [6, 6.07) is 15.5. The molecule has 1 N–H and O–H groups in total. The first-order chi connectivity index (χ1) is 20.2. The molecule has 0 bridgehead atoms. The Morgan fingerprint density at radius 2 is 1.71 bits per heavy atom. The Hall–Kier alpha value is -2.78. The smallest absolute Gasteiger partial charge is 0.265 e. The van der Waals surface area contributed by atoms with Crippen LogP contribution in [0, 0.1) is 5.92 Å². The number of piperazine rings is 1. The van der Waals surface area contributed by atoms with E-state index in [2.05, 4.69) is 67.1 Å². The summed E-state index contributed by atoms with van der Waals surface area (Å²) >= 11 is 11.2. The molecule has 0 saturated carbocycles. The summed E-state index contributed by atoms with van der Waals surface area (Å²) < 4.78 is 2.66. The van der Waals surface area contributed by atoms with Crippen molar-refractivity contribution in [2.75, 3.05) is 26.2 Å². The first-order valence-corrected chi connectivity index (χ1v) is 16.5. The van der Waals surface area contributed by atoms with Gasteiger partial charge in [-0.15, -0.1) is 11.3 Å². The molecular weight excluding hydrogens is 632 g/mol. The highest BCUT2D eigenvalue weighted by molar-refractivity contribution is 9.11. The molecule has 3 heterocycles. The van der Waals surface area contributed by atoms with Crippen LogP contribution >= 0.6 is 38.9 Å². The summed E-state index contributed by atoms with van der Waals surface area (Å²) in [4.78, 5) is 35.8. The van der Waals surface area contributed by atoms with E-state index in [9.17, 15) is 9.59 Å². The van der Waals surface area contributed by atoms with E-state index in [1.165, 1.54) is 11.3 Å². The molecule has 220 valence electrons. The Morgan fingerprint density at radius 3 is 2.31 bits per heavy atom. The van der Waals surface area contributed by atoms with E-state index in [1.54, 1.807) is 6.07 Å². The number of para-hydroxylation sites is 1. The van der Waals surface area contributed by atoms with Crippen LogP contribution in [-0.2, 0) is 19.3 Å². The lowest BCUT2D eigenvalue weighted by Gasteiger charge is -2.30. The highest BCUT2D eigenvalue weighted by atomic mass is 79.9. The number of carbonyl (C=O) groups is 1. The zero-order chi connectivity index (χ0) is 30.0. The van der Waals surface area contributed by atoms with Gasteiger partial charge < -0.3 is 10.2 Å². The molecule has 1 saturated heterocycles. The molecule has 4 aromatic rings. The lowest BCUT2D eigenvalue weighted by atomic mass is 9.97. The van der Waals surface area contributed by atoms with Crippen molar-refractivity contribution in [1.29, 1.82) is 0 Å². The minimum absolute atomic E-state index is 0.0391. The van der Waals surface area contributed by atoms with Gasteiger partial charge in [0.2, 0.25) is 0 Å². The summed E-state index contributed by atoms with van der Waals surface area (Å²) in [6.07, 6.45) is 2.14. The van der Waals surface area contributed by atoms with Gasteiger partial charge in [0.1, 0.15) is 5.01 Å². The van der Waals surface area contributed by atoms with Crippen molar-refractivity contribution < 1.29 is 4.79 Å². The number of pyridine rings is 1. The van der Waals surface area contributed by atoms with E-state index in [0.717, 1.165) is 63.5 Å².